The Balaban J connectivity index is 2.31. The van der Waals surface area contributed by atoms with Gasteiger partial charge in [-0.15, -0.1) is 0 Å². The largest absolute Gasteiger partial charge is 0.336 e. The van der Waals surface area contributed by atoms with Gasteiger partial charge in [-0.2, -0.15) is 4.31 Å². The maximum atomic E-state index is 12.5. The van der Waals surface area contributed by atoms with Gasteiger partial charge >= 0.3 is 0 Å². The van der Waals surface area contributed by atoms with Crippen LogP contribution in [0, 0.1) is 5.92 Å². The number of alkyl halides is 1. The van der Waals surface area contributed by atoms with Crippen molar-refractivity contribution in [3.8, 4) is 0 Å². The normalized spacial score (nSPS) is 25.7. The molecule has 0 aromatic carbocycles. The number of aromatic nitrogens is 2. The monoisotopic (exact) mass is 335 g/mol. The quantitative estimate of drug-likeness (QED) is 0.787. The van der Waals surface area contributed by atoms with Gasteiger partial charge in [0.15, 0.2) is 5.03 Å². The molecular formula is C11H18BrN3O2S. The van der Waals surface area contributed by atoms with Crippen LogP contribution in [-0.4, -0.2) is 40.2 Å². The Morgan fingerprint density at radius 1 is 1.56 bits per heavy atom. The topological polar surface area (TPSA) is 55.2 Å². The number of halogens is 1. The minimum Gasteiger partial charge on any atom is -0.336 e. The molecule has 0 saturated carbocycles. The van der Waals surface area contributed by atoms with Crippen LogP contribution in [0.1, 0.15) is 20.3 Å². The van der Waals surface area contributed by atoms with Crippen molar-refractivity contribution in [3.05, 3.63) is 12.5 Å². The van der Waals surface area contributed by atoms with E-state index >= 15 is 0 Å². The van der Waals surface area contributed by atoms with Gasteiger partial charge in [-0.1, -0.05) is 22.9 Å². The van der Waals surface area contributed by atoms with E-state index in [2.05, 4.69) is 27.8 Å². The second kappa shape index (κ2) is 5.30. The summed E-state index contributed by atoms with van der Waals surface area (Å²) in [5.74, 6) is 0.382. The van der Waals surface area contributed by atoms with E-state index in [1.807, 2.05) is 6.92 Å². The van der Waals surface area contributed by atoms with Crippen LogP contribution in [0.5, 0.6) is 0 Å². The molecule has 5 nitrogen and oxygen atoms in total. The molecule has 0 bridgehead atoms. The predicted octanol–water partition coefficient (Wildman–Crippen LogP) is 1.70. The first-order valence-corrected chi connectivity index (χ1v) is 8.66. The number of nitrogens with zero attached hydrogens (tertiary/aromatic N) is 3. The fourth-order valence-corrected chi connectivity index (χ4v) is 5.12. The van der Waals surface area contributed by atoms with E-state index in [0.29, 0.717) is 17.8 Å². The van der Waals surface area contributed by atoms with Crippen molar-refractivity contribution in [3.63, 3.8) is 0 Å². The molecule has 0 radical (unpaired) electrons. The maximum Gasteiger partial charge on any atom is 0.262 e. The van der Waals surface area contributed by atoms with Crippen LogP contribution in [0.2, 0.25) is 0 Å². The zero-order valence-electron chi connectivity index (χ0n) is 10.6. The smallest absolute Gasteiger partial charge is 0.262 e. The molecule has 2 heterocycles. The Hall–Kier alpha value is -0.400. The Morgan fingerprint density at radius 3 is 2.83 bits per heavy atom. The highest BCUT2D eigenvalue weighted by atomic mass is 79.9. The van der Waals surface area contributed by atoms with Crippen molar-refractivity contribution in [2.45, 2.75) is 37.9 Å². The van der Waals surface area contributed by atoms with Gasteiger partial charge in [0, 0.05) is 30.7 Å². The third-order valence-corrected chi connectivity index (χ3v) is 6.01. The molecule has 2 rings (SSSR count). The molecule has 1 fully saturated rings. The zero-order chi connectivity index (χ0) is 13.3. The molecule has 7 heteroatoms. The highest BCUT2D eigenvalue weighted by Crippen LogP contribution is 2.30. The molecule has 0 aliphatic carbocycles. The lowest BCUT2D eigenvalue weighted by atomic mass is 10.1. The summed E-state index contributed by atoms with van der Waals surface area (Å²) in [6, 6.07) is 0.0294. The predicted molar refractivity (Wildman–Crippen MR) is 73.2 cm³/mol. The summed E-state index contributed by atoms with van der Waals surface area (Å²) in [7, 11) is -3.45. The number of hydrogen-bond donors (Lipinski definition) is 0. The molecule has 1 aromatic heterocycles. The molecule has 0 spiro atoms. The lowest BCUT2D eigenvalue weighted by Gasteiger charge is -2.23. The third kappa shape index (κ3) is 2.35. The van der Waals surface area contributed by atoms with Crippen LogP contribution in [0.3, 0.4) is 0 Å². The van der Waals surface area contributed by atoms with Crippen LogP contribution >= 0.6 is 15.9 Å². The van der Waals surface area contributed by atoms with Crippen molar-refractivity contribution < 1.29 is 8.42 Å². The molecule has 2 atom stereocenters. The molecule has 0 amide bonds. The maximum absolute atomic E-state index is 12.5. The second-order valence-corrected chi connectivity index (χ2v) is 7.13. The van der Waals surface area contributed by atoms with Crippen molar-refractivity contribution in [2.24, 2.45) is 5.92 Å². The van der Waals surface area contributed by atoms with Gasteiger partial charge < -0.3 is 4.57 Å². The fourth-order valence-electron chi connectivity index (χ4n) is 2.27. The highest BCUT2D eigenvalue weighted by molar-refractivity contribution is 9.09. The molecule has 1 aliphatic heterocycles. The summed E-state index contributed by atoms with van der Waals surface area (Å²) in [5.41, 5.74) is 0. The molecule has 1 saturated heterocycles. The SMILES string of the molecule is CCn1cnc(S(=O)(=O)N2CCC(C)C2CBr)c1. The summed E-state index contributed by atoms with van der Waals surface area (Å²) < 4.78 is 28.4. The van der Waals surface area contributed by atoms with Gasteiger partial charge in [0.1, 0.15) is 0 Å². The summed E-state index contributed by atoms with van der Waals surface area (Å²) in [6.07, 6.45) is 4.07. The summed E-state index contributed by atoms with van der Waals surface area (Å²) >= 11 is 3.41. The number of hydrogen-bond acceptors (Lipinski definition) is 3. The molecule has 1 aromatic rings. The molecule has 102 valence electrons. The van der Waals surface area contributed by atoms with Gasteiger partial charge in [0.2, 0.25) is 0 Å². The minimum absolute atomic E-state index is 0.0294. The number of rotatable bonds is 4. The van der Waals surface area contributed by atoms with Gasteiger partial charge in [0.25, 0.3) is 10.0 Å². The Bertz CT molecular complexity index is 514. The first kappa shape index (κ1) is 14.0. The van der Waals surface area contributed by atoms with Crippen LogP contribution in [0.4, 0.5) is 0 Å². The Kier molecular flexibility index (Phi) is 4.13. The highest BCUT2D eigenvalue weighted by Gasteiger charge is 2.39. The van der Waals surface area contributed by atoms with Crippen LogP contribution in [-0.2, 0) is 16.6 Å². The van der Waals surface area contributed by atoms with Crippen molar-refractivity contribution in [1.29, 1.82) is 0 Å². The third-order valence-electron chi connectivity index (χ3n) is 3.54. The molecule has 1 aliphatic rings. The average Bonchev–Trinajstić information content (AvgIpc) is 2.95. The van der Waals surface area contributed by atoms with Crippen LogP contribution in [0.25, 0.3) is 0 Å². The van der Waals surface area contributed by atoms with Gasteiger partial charge in [-0.25, -0.2) is 13.4 Å². The van der Waals surface area contributed by atoms with E-state index in [9.17, 15) is 8.42 Å². The summed E-state index contributed by atoms with van der Waals surface area (Å²) in [4.78, 5) is 4.02. The molecule has 18 heavy (non-hydrogen) atoms. The standard InChI is InChI=1S/C11H18BrN3O2S/c1-3-14-7-11(13-8-14)18(16,17)15-5-4-9(2)10(15)6-12/h7-10H,3-6H2,1-2H3. The molecule has 0 N–H and O–H groups in total. The lowest BCUT2D eigenvalue weighted by Crippen LogP contribution is -2.38. The number of aryl methyl sites for hydroxylation is 1. The number of sulfonamides is 1. The Morgan fingerprint density at radius 2 is 2.28 bits per heavy atom. The summed E-state index contributed by atoms with van der Waals surface area (Å²) in [6.45, 7) is 5.35. The Labute approximate surface area is 116 Å². The zero-order valence-corrected chi connectivity index (χ0v) is 13.0. The van der Waals surface area contributed by atoms with Gasteiger partial charge in [-0.05, 0) is 19.3 Å². The first-order chi connectivity index (χ1) is 8.50. The van der Waals surface area contributed by atoms with E-state index in [1.165, 1.54) is 0 Å². The van der Waals surface area contributed by atoms with Crippen molar-refractivity contribution >= 4 is 26.0 Å². The molecular weight excluding hydrogens is 318 g/mol. The second-order valence-electron chi connectivity index (χ2n) is 4.65. The first-order valence-electron chi connectivity index (χ1n) is 6.10. The van der Waals surface area contributed by atoms with Crippen molar-refractivity contribution in [2.75, 3.05) is 11.9 Å². The minimum atomic E-state index is -3.45. The van der Waals surface area contributed by atoms with E-state index in [0.717, 1.165) is 13.0 Å². The van der Waals surface area contributed by atoms with E-state index < -0.39 is 10.0 Å². The van der Waals surface area contributed by atoms with Gasteiger partial charge in [0.05, 0.1) is 6.33 Å². The van der Waals surface area contributed by atoms with Crippen LogP contribution < -0.4 is 0 Å². The van der Waals surface area contributed by atoms with E-state index in [4.69, 9.17) is 0 Å². The van der Waals surface area contributed by atoms with Gasteiger partial charge in [-0.3, -0.25) is 0 Å². The summed E-state index contributed by atoms with van der Waals surface area (Å²) in [5, 5.41) is 0.825. The fraction of sp³-hybridized carbons (Fsp3) is 0.727. The average molecular weight is 336 g/mol. The number of imidazole rings is 1. The van der Waals surface area contributed by atoms with Crippen LogP contribution in [0.15, 0.2) is 17.6 Å². The van der Waals surface area contributed by atoms with E-state index in [-0.39, 0.29) is 11.1 Å². The lowest BCUT2D eigenvalue weighted by molar-refractivity contribution is 0.377. The molecule has 2 unspecified atom stereocenters. The van der Waals surface area contributed by atoms with E-state index in [1.54, 1.807) is 21.4 Å². The van der Waals surface area contributed by atoms with Crippen molar-refractivity contribution in [1.82, 2.24) is 13.9 Å².